The van der Waals surface area contributed by atoms with Crippen molar-refractivity contribution in [1.29, 1.82) is 0 Å². The average Bonchev–Trinajstić information content (AvgIpc) is 2.81. The minimum Gasteiger partial charge on any atom is -0.316 e. The van der Waals surface area contributed by atoms with Gasteiger partial charge in [0.1, 0.15) is 0 Å². The number of ketones is 1. The molecule has 2 aromatic carbocycles. The quantitative estimate of drug-likeness (QED) is 0.830. The van der Waals surface area contributed by atoms with Crippen LogP contribution in [0, 0.1) is 5.92 Å². The molecule has 4 heteroatoms. The lowest BCUT2D eigenvalue weighted by Gasteiger charge is -2.25. The second-order valence-electron chi connectivity index (χ2n) is 6.00. The number of benzene rings is 2. The monoisotopic (exact) mass is 331 g/mol. The zero-order valence-electron chi connectivity index (χ0n) is 11.9. The fourth-order valence-corrected chi connectivity index (χ4v) is 4.20. The Hall–Kier alpha value is -1.35. The molecule has 1 fully saturated rings. The van der Waals surface area contributed by atoms with Crippen molar-refractivity contribution in [2.24, 2.45) is 5.92 Å². The predicted octanol–water partition coefficient (Wildman–Crippen LogP) is 4.55. The van der Waals surface area contributed by atoms with Crippen LogP contribution in [-0.2, 0) is 0 Å². The second kappa shape index (κ2) is 5.38. The van der Waals surface area contributed by atoms with Crippen molar-refractivity contribution < 1.29 is 4.79 Å². The van der Waals surface area contributed by atoms with E-state index in [1.807, 2.05) is 24.3 Å². The van der Waals surface area contributed by atoms with E-state index < -0.39 is 0 Å². The van der Waals surface area contributed by atoms with E-state index in [0.29, 0.717) is 21.7 Å². The molecule has 22 heavy (non-hydrogen) atoms. The van der Waals surface area contributed by atoms with E-state index in [0.717, 1.165) is 41.8 Å². The van der Waals surface area contributed by atoms with Crippen molar-refractivity contribution in [2.45, 2.75) is 12.3 Å². The van der Waals surface area contributed by atoms with Gasteiger partial charge in [-0.25, -0.2) is 0 Å². The third-order valence-corrected chi connectivity index (χ3v) is 5.33. The van der Waals surface area contributed by atoms with E-state index in [-0.39, 0.29) is 5.92 Å². The molecule has 0 spiro atoms. The van der Waals surface area contributed by atoms with E-state index in [2.05, 4.69) is 11.4 Å². The summed E-state index contributed by atoms with van der Waals surface area (Å²) in [6.07, 6.45) is 0.926. The van der Waals surface area contributed by atoms with Gasteiger partial charge in [0.15, 0.2) is 5.78 Å². The maximum atomic E-state index is 12.5. The lowest BCUT2D eigenvalue weighted by atomic mass is 9.86. The molecule has 1 aliphatic heterocycles. The van der Waals surface area contributed by atoms with E-state index in [4.69, 9.17) is 23.2 Å². The molecule has 2 aromatic rings. The van der Waals surface area contributed by atoms with Crippen LogP contribution in [-0.4, -0.2) is 18.9 Å². The highest BCUT2D eigenvalue weighted by atomic mass is 35.5. The first-order chi connectivity index (χ1) is 10.6. The molecule has 0 bridgehead atoms. The number of carbonyl (C=O) groups excluding carboxylic acids is 1. The Morgan fingerprint density at radius 3 is 2.64 bits per heavy atom. The normalized spacial score (nSPS) is 23.3. The van der Waals surface area contributed by atoms with Gasteiger partial charge in [-0.2, -0.15) is 0 Å². The Balaban J connectivity index is 1.81. The van der Waals surface area contributed by atoms with Crippen LogP contribution in [0.2, 0.25) is 10.0 Å². The zero-order valence-corrected chi connectivity index (χ0v) is 13.4. The number of Topliss-reactive ketones (excluding diaryl/α,β-unsaturated/α-hetero) is 1. The number of piperidine rings is 1. The Kier molecular flexibility index (Phi) is 3.48. The molecular weight excluding hydrogens is 317 g/mol. The number of carbonyl (C=O) groups is 1. The first kappa shape index (κ1) is 14.3. The van der Waals surface area contributed by atoms with Crippen LogP contribution in [0.15, 0.2) is 36.4 Å². The smallest absolute Gasteiger partial charge is 0.166 e. The summed E-state index contributed by atoms with van der Waals surface area (Å²) in [5.41, 5.74) is 4.03. The summed E-state index contributed by atoms with van der Waals surface area (Å²) < 4.78 is 0. The summed E-state index contributed by atoms with van der Waals surface area (Å²) in [6, 6.07) is 11.6. The van der Waals surface area contributed by atoms with Crippen molar-refractivity contribution in [3.63, 3.8) is 0 Å². The van der Waals surface area contributed by atoms with Gasteiger partial charge in [0.05, 0.1) is 0 Å². The lowest BCUT2D eigenvalue weighted by molar-refractivity contribution is 0.0904. The van der Waals surface area contributed by atoms with Crippen LogP contribution in [0.4, 0.5) is 0 Å². The maximum absolute atomic E-state index is 12.5. The molecular formula is C18H15Cl2NO. The van der Waals surface area contributed by atoms with Crippen LogP contribution in [0.25, 0.3) is 11.1 Å². The van der Waals surface area contributed by atoms with E-state index >= 15 is 0 Å². The Morgan fingerprint density at radius 2 is 1.82 bits per heavy atom. The highest BCUT2D eigenvalue weighted by molar-refractivity contribution is 6.36. The van der Waals surface area contributed by atoms with Crippen molar-refractivity contribution >= 4 is 29.0 Å². The number of nitrogens with one attached hydrogen (secondary N) is 1. The molecule has 2 aliphatic rings. The highest BCUT2D eigenvalue weighted by Crippen LogP contribution is 2.43. The molecule has 0 aromatic heterocycles. The Labute approximate surface area is 139 Å². The molecule has 0 amide bonds. The number of rotatable bonds is 1. The predicted molar refractivity (Wildman–Crippen MR) is 89.9 cm³/mol. The van der Waals surface area contributed by atoms with Crippen LogP contribution < -0.4 is 5.32 Å². The molecule has 2 atom stereocenters. The largest absolute Gasteiger partial charge is 0.316 e. The van der Waals surface area contributed by atoms with Gasteiger partial charge in [-0.1, -0.05) is 47.5 Å². The van der Waals surface area contributed by atoms with Crippen LogP contribution >= 0.6 is 23.2 Å². The third kappa shape index (κ3) is 2.18. The van der Waals surface area contributed by atoms with E-state index in [1.165, 1.54) is 0 Å². The summed E-state index contributed by atoms with van der Waals surface area (Å²) in [5.74, 6) is 0.740. The van der Waals surface area contributed by atoms with E-state index in [9.17, 15) is 4.79 Å². The average molecular weight is 332 g/mol. The van der Waals surface area contributed by atoms with Crippen LogP contribution in [0.3, 0.4) is 0 Å². The summed E-state index contributed by atoms with van der Waals surface area (Å²) in [5, 5.41) is 4.66. The second-order valence-corrected chi connectivity index (χ2v) is 6.84. The SMILES string of the molecule is O=C1c2ccc(-c3ccc(Cl)cc3Cl)cc2C2CNCCC12. The van der Waals surface area contributed by atoms with Crippen LogP contribution in [0.1, 0.15) is 28.3 Å². The van der Waals surface area contributed by atoms with Gasteiger partial charge in [-0.3, -0.25) is 4.79 Å². The first-order valence-corrected chi connectivity index (χ1v) is 8.25. The molecule has 1 saturated heterocycles. The van der Waals surface area contributed by atoms with Gasteiger partial charge in [0.2, 0.25) is 0 Å². The first-order valence-electron chi connectivity index (χ1n) is 7.49. The van der Waals surface area contributed by atoms with Crippen molar-refractivity contribution in [3.8, 4) is 11.1 Å². The maximum Gasteiger partial charge on any atom is 0.166 e. The number of hydrogen-bond donors (Lipinski definition) is 1. The molecule has 1 aliphatic carbocycles. The minimum atomic E-state index is 0.146. The van der Waals surface area contributed by atoms with Crippen molar-refractivity contribution in [2.75, 3.05) is 13.1 Å². The topological polar surface area (TPSA) is 29.1 Å². The summed E-state index contributed by atoms with van der Waals surface area (Å²) in [4.78, 5) is 12.5. The number of hydrogen-bond acceptors (Lipinski definition) is 2. The minimum absolute atomic E-state index is 0.146. The fourth-order valence-electron chi connectivity index (χ4n) is 3.68. The fraction of sp³-hybridized carbons (Fsp3) is 0.278. The van der Waals surface area contributed by atoms with Gasteiger partial charge in [0.25, 0.3) is 0 Å². The van der Waals surface area contributed by atoms with Gasteiger partial charge >= 0.3 is 0 Å². The molecule has 2 unspecified atom stereocenters. The van der Waals surface area contributed by atoms with Crippen molar-refractivity contribution in [3.05, 3.63) is 57.6 Å². The van der Waals surface area contributed by atoms with Gasteiger partial charge in [-0.05, 0) is 36.2 Å². The Morgan fingerprint density at radius 1 is 1.00 bits per heavy atom. The molecule has 1 heterocycles. The summed E-state index contributed by atoms with van der Waals surface area (Å²) in [6.45, 7) is 1.80. The van der Waals surface area contributed by atoms with Gasteiger partial charge in [-0.15, -0.1) is 0 Å². The number of halogens is 2. The summed E-state index contributed by atoms with van der Waals surface area (Å²) in [7, 11) is 0. The van der Waals surface area contributed by atoms with E-state index in [1.54, 1.807) is 6.07 Å². The van der Waals surface area contributed by atoms with Crippen LogP contribution in [0.5, 0.6) is 0 Å². The molecule has 2 nitrogen and oxygen atoms in total. The van der Waals surface area contributed by atoms with Gasteiger partial charge in [0, 0.05) is 39.6 Å². The molecule has 112 valence electrons. The number of fused-ring (bicyclic) bond motifs is 3. The molecule has 4 rings (SSSR count). The standard InChI is InChI=1S/C18H15Cl2NO/c19-11-2-4-12(17(20)8-11)10-1-3-13-15(7-10)16-9-21-6-5-14(16)18(13)22/h1-4,7-8,14,16,21H,5-6,9H2. The molecule has 1 N–H and O–H groups in total. The molecule has 0 saturated carbocycles. The molecule has 0 radical (unpaired) electrons. The third-order valence-electron chi connectivity index (χ3n) is 4.78. The highest BCUT2D eigenvalue weighted by Gasteiger charge is 2.40. The zero-order chi connectivity index (χ0) is 15.3. The Bertz CT molecular complexity index is 772. The van der Waals surface area contributed by atoms with Gasteiger partial charge < -0.3 is 5.32 Å². The lowest BCUT2D eigenvalue weighted by Crippen LogP contribution is -2.34. The summed E-state index contributed by atoms with van der Waals surface area (Å²) >= 11 is 12.3. The van der Waals surface area contributed by atoms with Crippen molar-refractivity contribution in [1.82, 2.24) is 5.32 Å².